The van der Waals surface area contributed by atoms with E-state index >= 15 is 17.6 Å². The van der Waals surface area contributed by atoms with E-state index in [1.165, 1.54) is 12.0 Å². The molecule has 4 heterocycles. The van der Waals surface area contributed by atoms with E-state index in [4.69, 9.17) is 20.9 Å². The Bertz CT molecular complexity index is 2060. The number of nitrogens with two attached hydrogens (primary N) is 2. The highest BCUT2D eigenvalue weighted by molar-refractivity contribution is 7.23. The number of thiophene rings is 1. The zero-order chi connectivity index (χ0) is 32.4. The Kier molecular flexibility index (Phi) is 7.23. The third-order valence-electron chi connectivity index (χ3n) is 7.55. The van der Waals surface area contributed by atoms with E-state index in [1.54, 1.807) is 13.0 Å². The van der Waals surface area contributed by atoms with Crippen LogP contribution in [0.3, 0.4) is 0 Å². The second kappa shape index (κ2) is 10.8. The molecule has 45 heavy (non-hydrogen) atoms. The number of methoxy groups -OCH3 is 1. The minimum absolute atomic E-state index is 0.0212. The lowest BCUT2D eigenvalue weighted by Gasteiger charge is -2.32. The first-order chi connectivity index (χ1) is 21.4. The second-order valence-electron chi connectivity index (χ2n) is 9.99. The van der Waals surface area contributed by atoms with Gasteiger partial charge in [0.15, 0.2) is 5.82 Å². The summed E-state index contributed by atoms with van der Waals surface area (Å²) in [5, 5.41) is 8.90. The van der Waals surface area contributed by atoms with Gasteiger partial charge in [-0.15, -0.1) is 11.3 Å². The zero-order valence-electron chi connectivity index (χ0n) is 23.4. The Morgan fingerprint density at radius 3 is 2.60 bits per heavy atom. The van der Waals surface area contributed by atoms with E-state index in [9.17, 15) is 14.0 Å². The van der Waals surface area contributed by atoms with Crippen molar-refractivity contribution in [3.05, 3.63) is 58.5 Å². The van der Waals surface area contributed by atoms with Gasteiger partial charge >= 0.3 is 12.2 Å². The molecule has 0 aliphatic carbocycles. The lowest BCUT2D eigenvalue weighted by atomic mass is 9.91. The SMILES string of the molecule is CCC(c1cc(F)cnc1N)N1CCOc2c(C(F)(F)F)c(-c3ccc(F)c4sc(N)c(C#N)c34)c(F)c3nc(OC)nc1c23. The fourth-order valence-electron chi connectivity index (χ4n) is 5.74. The molecule has 0 radical (unpaired) electrons. The molecule has 2 aromatic carbocycles. The summed E-state index contributed by atoms with van der Waals surface area (Å²) in [6.45, 7) is 1.29. The first kappa shape index (κ1) is 30.0. The third kappa shape index (κ3) is 4.65. The van der Waals surface area contributed by atoms with Gasteiger partial charge in [0.25, 0.3) is 0 Å². The fraction of sp³-hybridized carbons (Fsp3) is 0.241. The molecular formula is C29H21F6N7O2S. The maximum atomic E-state index is 16.8. The number of pyridine rings is 1. The van der Waals surface area contributed by atoms with Crippen molar-refractivity contribution < 1.29 is 35.8 Å². The van der Waals surface area contributed by atoms with Crippen LogP contribution in [0.5, 0.6) is 11.8 Å². The van der Waals surface area contributed by atoms with Crippen LogP contribution in [0.2, 0.25) is 0 Å². The lowest BCUT2D eigenvalue weighted by Crippen LogP contribution is -2.33. The van der Waals surface area contributed by atoms with Crippen molar-refractivity contribution in [3.8, 4) is 29.0 Å². The summed E-state index contributed by atoms with van der Waals surface area (Å²) in [5.41, 5.74) is 8.33. The van der Waals surface area contributed by atoms with E-state index < -0.39 is 63.0 Å². The molecule has 0 saturated carbocycles. The van der Waals surface area contributed by atoms with Crippen molar-refractivity contribution in [2.45, 2.75) is 25.6 Å². The average Bonchev–Trinajstić information content (AvgIpc) is 3.24. The summed E-state index contributed by atoms with van der Waals surface area (Å²) >= 11 is 0.652. The van der Waals surface area contributed by atoms with Crippen molar-refractivity contribution in [2.75, 3.05) is 36.6 Å². The highest BCUT2D eigenvalue weighted by Crippen LogP contribution is 2.54. The number of hydrogen-bond acceptors (Lipinski definition) is 10. The van der Waals surface area contributed by atoms with Crippen LogP contribution in [0.25, 0.3) is 32.1 Å². The number of nitrogen functional groups attached to an aromatic ring is 2. The largest absolute Gasteiger partial charge is 0.490 e. The van der Waals surface area contributed by atoms with Crippen LogP contribution in [0.1, 0.15) is 36.1 Å². The molecule has 16 heteroatoms. The Morgan fingerprint density at radius 2 is 1.93 bits per heavy atom. The topological polar surface area (TPSA) is 136 Å². The predicted octanol–water partition coefficient (Wildman–Crippen LogP) is 6.74. The van der Waals surface area contributed by atoms with Gasteiger partial charge < -0.3 is 25.8 Å². The Morgan fingerprint density at radius 1 is 1.18 bits per heavy atom. The summed E-state index contributed by atoms with van der Waals surface area (Å²) in [7, 11) is 1.19. The fourth-order valence-corrected chi connectivity index (χ4v) is 6.68. The summed E-state index contributed by atoms with van der Waals surface area (Å²) in [5.74, 6) is -3.98. The van der Waals surface area contributed by atoms with E-state index in [1.807, 2.05) is 0 Å². The Labute approximate surface area is 254 Å². The standard InChI is InChI=1S/C29H21F6N7O2S/c1-3-16(13-8-11(30)10-39-25(13)37)42-6-7-44-23-19-22(40-28(43-2)41-27(19)42)21(32)18(20(23)29(33,34)35)12-4-5-15(31)24-17(12)14(9-36)26(38)45-24/h4-5,8,10,16H,3,6-7,38H2,1-2H3,(H2,37,39). The molecular weight excluding hydrogens is 624 g/mol. The smallest absolute Gasteiger partial charge is 0.420 e. The molecule has 9 nitrogen and oxygen atoms in total. The van der Waals surface area contributed by atoms with Gasteiger partial charge in [0.2, 0.25) is 0 Å². The minimum Gasteiger partial charge on any atom is -0.490 e. The van der Waals surface area contributed by atoms with Crippen molar-refractivity contribution >= 4 is 49.0 Å². The summed E-state index contributed by atoms with van der Waals surface area (Å²) in [6, 6.07) is 3.59. The van der Waals surface area contributed by atoms with E-state index in [0.29, 0.717) is 11.3 Å². The Hall–Kier alpha value is -5.04. The quantitative estimate of drug-likeness (QED) is 0.199. The van der Waals surface area contributed by atoms with E-state index in [-0.39, 0.29) is 63.4 Å². The summed E-state index contributed by atoms with van der Waals surface area (Å²) in [4.78, 5) is 13.8. The number of rotatable bonds is 5. The van der Waals surface area contributed by atoms with Crippen molar-refractivity contribution in [1.82, 2.24) is 15.0 Å². The van der Waals surface area contributed by atoms with Crippen LogP contribution >= 0.6 is 11.3 Å². The molecule has 1 atom stereocenters. The number of benzene rings is 2. The number of hydrogen-bond donors (Lipinski definition) is 2. The average molecular weight is 646 g/mol. The first-order valence-electron chi connectivity index (χ1n) is 13.3. The Balaban J connectivity index is 1.76. The van der Waals surface area contributed by atoms with E-state index in [2.05, 4.69) is 15.0 Å². The van der Waals surface area contributed by atoms with Gasteiger partial charge in [-0.05, 0) is 24.1 Å². The number of nitrogens with zero attached hydrogens (tertiary/aromatic N) is 5. The highest BCUT2D eigenvalue weighted by Gasteiger charge is 2.44. The highest BCUT2D eigenvalue weighted by atomic mass is 32.1. The maximum absolute atomic E-state index is 16.8. The number of ether oxygens (including phenoxy) is 2. The molecule has 6 rings (SSSR count). The van der Waals surface area contributed by atoms with Gasteiger partial charge in [0, 0.05) is 16.5 Å². The van der Waals surface area contributed by atoms with Crippen molar-refractivity contribution in [1.29, 1.82) is 5.26 Å². The van der Waals surface area contributed by atoms with Gasteiger partial charge in [-0.2, -0.15) is 28.4 Å². The molecule has 1 unspecified atom stereocenters. The van der Waals surface area contributed by atoms with Crippen LogP contribution in [0, 0.1) is 28.8 Å². The van der Waals surface area contributed by atoms with Crippen LogP contribution in [0.15, 0.2) is 24.4 Å². The predicted molar refractivity (Wildman–Crippen MR) is 155 cm³/mol. The first-order valence-corrected chi connectivity index (χ1v) is 14.1. The molecule has 0 amide bonds. The molecule has 232 valence electrons. The number of halogens is 6. The van der Waals surface area contributed by atoms with Crippen LogP contribution in [0.4, 0.5) is 43.0 Å². The normalized spacial score (nSPS) is 13.9. The van der Waals surface area contributed by atoms with Crippen molar-refractivity contribution in [2.24, 2.45) is 0 Å². The van der Waals surface area contributed by atoms with Crippen LogP contribution in [-0.2, 0) is 6.18 Å². The van der Waals surface area contributed by atoms with Gasteiger partial charge in [0.1, 0.15) is 57.8 Å². The molecule has 3 aromatic heterocycles. The molecule has 1 aliphatic rings. The molecule has 0 bridgehead atoms. The molecule has 4 N–H and O–H groups in total. The second-order valence-corrected chi connectivity index (χ2v) is 11.0. The van der Waals surface area contributed by atoms with Gasteiger partial charge in [-0.25, -0.2) is 18.2 Å². The number of anilines is 3. The number of alkyl halides is 3. The summed E-state index contributed by atoms with van der Waals surface area (Å²) in [6.07, 6.45) is -4.05. The zero-order valence-corrected chi connectivity index (χ0v) is 24.2. The van der Waals surface area contributed by atoms with E-state index in [0.717, 1.165) is 24.4 Å². The minimum atomic E-state index is -5.23. The molecule has 1 aliphatic heterocycles. The molecule has 0 saturated heterocycles. The lowest BCUT2D eigenvalue weighted by molar-refractivity contribution is -0.138. The third-order valence-corrected chi connectivity index (χ3v) is 8.58. The molecule has 0 spiro atoms. The maximum Gasteiger partial charge on any atom is 0.420 e. The van der Waals surface area contributed by atoms with Crippen LogP contribution < -0.4 is 25.8 Å². The number of fused-ring (bicyclic) bond motifs is 1. The molecule has 0 fully saturated rings. The number of nitriles is 1. The monoisotopic (exact) mass is 645 g/mol. The van der Waals surface area contributed by atoms with Gasteiger partial charge in [-0.3, -0.25) is 0 Å². The van der Waals surface area contributed by atoms with Gasteiger partial charge in [0.05, 0.1) is 41.5 Å². The van der Waals surface area contributed by atoms with Gasteiger partial charge in [-0.1, -0.05) is 13.0 Å². The van der Waals surface area contributed by atoms with Crippen molar-refractivity contribution in [3.63, 3.8) is 0 Å². The summed E-state index contributed by atoms with van der Waals surface area (Å²) < 4.78 is 102. The molecule has 5 aromatic rings. The van der Waals surface area contributed by atoms with Crippen LogP contribution in [-0.4, -0.2) is 35.2 Å². The number of aromatic nitrogens is 3.